The van der Waals surface area contributed by atoms with Crippen LogP contribution < -0.4 is 10.5 Å². The molecule has 6 nitrogen and oxygen atoms in total. The number of nitrogens with zero attached hydrogens (tertiary/aromatic N) is 3. The van der Waals surface area contributed by atoms with Gasteiger partial charge in [0.2, 0.25) is 5.88 Å². The molecule has 0 bridgehead atoms. The van der Waals surface area contributed by atoms with Crippen molar-refractivity contribution in [2.75, 3.05) is 0 Å². The quantitative estimate of drug-likeness (QED) is 0.254. The van der Waals surface area contributed by atoms with Gasteiger partial charge in [0, 0.05) is 18.0 Å². The first-order valence-corrected chi connectivity index (χ1v) is 10.3. The summed E-state index contributed by atoms with van der Waals surface area (Å²) in [7, 11) is 0. The fourth-order valence-electron chi connectivity index (χ4n) is 2.75. The van der Waals surface area contributed by atoms with Crippen molar-refractivity contribution in [2.24, 2.45) is 10.9 Å². The Morgan fingerprint density at radius 1 is 0.967 bits per heavy atom. The van der Waals surface area contributed by atoms with Crippen molar-refractivity contribution in [1.29, 1.82) is 0 Å². The Balaban J connectivity index is 1.38. The molecule has 0 spiro atoms. The molecule has 0 amide bonds. The van der Waals surface area contributed by atoms with E-state index in [0.29, 0.717) is 17.2 Å². The third-order valence-electron chi connectivity index (χ3n) is 4.18. The molecule has 0 aliphatic rings. The molecule has 0 fully saturated rings. The Labute approximate surface area is 178 Å². The van der Waals surface area contributed by atoms with Crippen molar-refractivity contribution in [3.05, 3.63) is 106 Å². The lowest BCUT2D eigenvalue weighted by Crippen LogP contribution is -2.15. The molecule has 0 aliphatic heterocycles. The van der Waals surface area contributed by atoms with Crippen molar-refractivity contribution >= 4 is 17.2 Å². The summed E-state index contributed by atoms with van der Waals surface area (Å²) in [6.07, 6.45) is 2.44. The van der Waals surface area contributed by atoms with Gasteiger partial charge >= 0.3 is 0 Å². The number of amidine groups is 1. The van der Waals surface area contributed by atoms with Crippen molar-refractivity contribution < 1.29 is 9.57 Å². The molecule has 150 valence electrons. The van der Waals surface area contributed by atoms with Crippen LogP contribution in [0.1, 0.15) is 21.8 Å². The second-order valence-electron chi connectivity index (χ2n) is 6.42. The molecule has 0 radical (unpaired) electrons. The van der Waals surface area contributed by atoms with Gasteiger partial charge in [-0.1, -0.05) is 53.7 Å². The Hall–Kier alpha value is -3.71. The number of rotatable bonds is 8. The number of para-hydroxylation sites is 1. The van der Waals surface area contributed by atoms with Crippen LogP contribution in [0.3, 0.4) is 0 Å². The summed E-state index contributed by atoms with van der Waals surface area (Å²) in [5.41, 5.74) is 8.71. The summed E-state index contributed by atoms with van der Waals surface area (Å²) in [6, 6.07) is 23.2. The fraction of sp³-hybridized carbons (Fsp3) is 0.0870. The Morgan fingerprint density at radius 3 is 2.53 bits per heavy atom. The molecule has 0 saturated heterocycles. The molecule has 0 saturated carbocycles. The highest BCUT2D eigenvalue weighted by molar-refractivity contribution is 7.09. The molecule has 0 unspecified atom stereocenters. The van der Waals surface area contributed by atoms with Crippen LogP contribution in [0.15, 0.2) is 89.5 Å². The van der Waals surface area contributed by atoms with Crippen LogP contribution in [0.2, 0.25) is 0 Å². The van der Waals surface area contributed by atoms with Crippen molar-refractivity contribution in [3.63, 3.8) is 0 Å². The van der Waals surface area contributed by atoms with Crippen molar-refractivity contribution in [2.45, 2.75) is 13.0 Å². The average molecular weight is 417 g/mol. The number of benzene rings is 2. The van der Waals surface area contributed by atoms with Gasteiger partial charge in [0.25, 0.3) is 0 Å². The van der Waals surface area contributed by atoms with E-state index >= 15 is 0 Å². The topological polar surface area (TPSA) is 82.6 Å². The second kappa shape index (κ2) is 9.67. The van der Waals surface area contributed by atoms with Crippen LogP contribution in [-0.2, 0) is 17.9 Å². The van der Waals surface area contributed by atoms with E-state index in [1.54, 1.807) is 29.7 Å². The van der Waals surface area contributed by atoms with Gasteiger partial charge in [-0.15, -0.1) is 11.3 Å². The van der Waals surface area contributed by atoms with Crippen LogP contribution in [0.4, 0.5) is 0 Å². The van der Waals surface area contributed by atoms with Crippen LogP contribution in [0.5, 0.6) is 11.6 Å². The van der Waals surface area contributed by atoms with Gasteiger partial charge in [-0.3, -0.25) is 0 Å². The lowest BCUT2D eigenvalue weighted by atomic mass is 10.2. The summed E-state index contributed by atoms with van der Waals surface area (Å²) in [4.78, 5) is 14.3. The van der Waals surface area contributed by atoms with E-state index in [1.807, 2.05) is 53.9 Å². The third-order valence-corrected chi connectivity index (χ3v) is 5.08. The molecule has 4 aromatic rings. The van der Waals surface area contributed by atoms with E-state index in [1.165, 1.54) is 5.56 Å². The zero-order valence-corrected chi connectivity index (χ0v) is 17.0. The lowest BCUT2D eigenvalue weighted by molar-refractivity contribution is 0.128. The Morgan fingerprint density at radius 2 is 1.73 bits per heavy atom. The first-order valence-electron chi connectivity index (χ1n) is 9.39. The largest absolute Gasteiger partial charge is 0.438 e. The number of thiazole rings is 1. The van der Waals surface area contributed by atoms with Crippen molar-refractivity contribution in [3.8, 4) is 11.6 Å². The average Bonchev–Trinajstić information content (AvgIpc) is 3.22. The van der Waals surface area contributed by atoms with Crippen LogP contribution in [0, 0.1) is 0 Å². The molecule has 0 aliphatic carbocycles. The van der Waals surface area contributed by atoms with Gasteiger partial charge in [-0.25, -0.2) is 9.97 Å². The third kappa shape index (κ3) is 5.21. The summed E-state index contributed by atoms with van der Waals surface area (Å²) < 4.78 is 5.82. The highest BCUT2D eigenvalue weighted by Gasteiger charge is 2.11. The molecule has 2 aromatic carbocycles. The first kappa shape index (κ1) is 19.6. The predicted octanol–water partition coefficient (Wildman–Crippen LogP) is 4.76. The number of ether oxygens (including phenoxy) is 1. The maximum Gasteiger partial charge on any atom is 0.230 e. The normalized spacial score (nSPS) is 11.3. The van der Waals surface area contributed by atoms with E-state index in [-0.39, 0.29) is 12.4 Å². The van der Waals surface area contributed by atoms with Crippen molar-refractivity contribution in [1.82, 2.24) is 9.97 Å². The predicted molar refractivity (Wildman–Crippen MR) is 118 cm³/mol. The summed E-state index contributed by atoms with van der Waals surface area (Å²) in [6.45, 7) is 0.237. The molecule has 4 rings (SSSR count). The van der Waals surface area contributed by atoms with Gasteiger partial charge in [-0.2, -0.15) is 0 Å². The monoisotopic (exact) mass is 416 g/mol. The molecule has 2 aromatic heterocycles. The smallest absolute Gasteiger partial charge is 0.230 e. The Kier molecular flexibility index (Phi) is 6.31. The van der Waals surface area contributed by atoms with E-state index in [4.69, 9.17) is 15.3 Å². The SMILES string of the molecule is N/C(=N/OCc1csc(Cc2ccccc2)n1)c1cccnc1Oc1ccccc1. The molecule has 0 atom stereocenters. The second-order valence-corrected chi connectivity index (χ2v) is 7.36. The number of aromatic nitrogens is 2. The van der Waals surface area contributed by atoms with Crippen LogP contribution in [-0.4, -0.2) is 15.8 Å². The standard InChI is InChI=1S/C23H20N4O2S/c24-22(20-12-7-13-25-23(20)29-19-10-5-2-6-11-19)27-28-15-18-16-30-21(26-18)14-17-8-3-1-4-9-17/h1-13,16H,14-15H2,(H2,24,27). The lowest BCUT2D eigenvalue weighted by Gasteiger charge is -2.09. The summed E-state index contributed by atoms with van der Waals surface area (Å²) in [5.74, 6) is 1.22. The van der Waals surface area contributed by atoms with E-state index in [0.717, 1.165) is 17.1 Å². The minimum atomic E-state index is 0.189. The van der Waals surface area contributed by atoms with Gasteiger partial charge in [0.15, 0.2) is 12.4 Å². The van der Waals surface area contributed by atoms with Gasteiger partial charge in [-0.05, 0) is 29.8 Å². The molecule has 30 heavy (non-hydrogen) atoms. The summed E-state index contributed by atoms with van der Waals surface area (Å²) in [5, 5.41) is 7.02. The molecule has 7 heteroatoms. The minimum Gasteiger partial charge on any atom is -0.438 e. The number of nitrogens with two attached hydrogens (primary N) is 1. The minimum absolute atomic E-state index is 0.189. The zero-order chi connectivity index (χ0) is 20.6. The maximum absolute atomic E-state index is 6.11. The molecule has 2 N–H and O–H groups in total. The van der Waals surface area contributed by atoms with Gasteiger partial charge in [0.1, 0.15) is 5.75 Å². The number of oxime groups is 1. The number of hydrogen-bond acceptors (Lipinski definition) is 6. The van der Waals surface area contributed by atoms with Gasteiger partial charge < -0.3 is 15.3 Å². The van der Waals surface area contributed by atoms with E-state index < -0.39 is 0 Å². The molecular weight excluding hydrogens is 396 g/mol. The number of pyridine rings is 1. The highest BCUT2D eigenvalue weighted by Crippen LogP contribution is 2.22. The molecule has 2 heterocycles. The highest BCUT2D eigenvalue weighted by atomic mass is 32.1. The summed E-state index contributed by atoms with van der Waals surface area (Å²) >= 11 is 1.60. The molecular formula is C23H20N4O2S. The van der Waals surface area contributed by atoms with Gasteiger partial charge in [0.05, 0.1) is 16.3 Å². The maximum atomic E-state index is 6.11. The van der Waals surface area contributed by atoms with E-state index in [9.17, 15) is 0 Å². The fourth-order valence-corrected chi connectivity index (χ4v) is 3.56. The zero-order valence-electron chi connectivity index (χ0n) is 16.1. The van der Waals surface area contributed by atoms with Crippen LogP contribution in [0.25, 0.3) is 0 Å². The van der Waals surface area contributed by atoms with Crippen LogP contribution >= 0.6 is 11.3 Å². The first-order chi connectivity index (χ1) is 14.8. The number of hydrogen-bond donors (Lipinski definition) is 1. The van der Waals surface area contributed by atoms with E-state index in [2.05, 4.69) is 27.3 Å². The Bertz CT molecular complexity index is 1110.